The average molecular weight is 469 g/mol. The van der Waals surface area contributed by atoms with Crippen LogP contribution >= 0.6 is 0 Å². The molecule has 2 rings (SSSR count). The van der Waals surface area contributed by atoms with Crippen molar-refractivity contribution in [2.45, 2.75) is 64.6 Å². The first-order valence-corrected chi connectivity index (χ1v) is 11.5. The summed E-state index contributed by atoms with van der Waals surface area (Å²) in [5.41, 5.74) is 0.929. The van der Waals surface area contributed by atoms with Gasteiger partial charge in [-0.15, -0.1) is 0 Å². The highest BCUT2D eigenvalue weighted by Gasteiger charge is 2.36. The van der Waals surface area contributed by atoms with Crippen LogP contribution in [0.15, 0.2) is 60.7 Å². The molecule has 2 amide bonds. The molecule has 0 radical (unpaired) electrons. The number of hydrogen-bond donors (Lipinski definition) is 2. The molecule has 0 saturated heterocycles. The van der Waals surface area contributed by atoms with Crippen LogP contribution in [0.25, 0.3) is 0 Å². The van der Waals surface area contributed by atoms with Crippen molar-refractivity contribution in [3.8, 4) is 0 Å². The van der Waals surface area contributed by atoms with Gasteiger partial charge in [-0.25, -0.2) is 9.59 Å². The zero-order chi connectivity index (χ0) is 25.3. The van der Waals surface area contributed by atoms with Crippen molar-refractivity contribution < 1.29 is 23.9 Å². The number of benzene rings is 2. The van der Waals surface area contributed by atoms with E-state index in [0.29, 0.717) is 6.42 Å². The van der Waals surface area contributed by atoms with Crippen LogP contribution in [-0.2, 0) is 19.1 Å². The maximum atomic E-state index is 13.7. The summed E-state index contributed by atoms with van der Waals surface area (Å²) >= 11 is 0. The van der Waals surface area contributed by atoms with Crippen molar-refractivity contribution in [1.29, 1.82) is 0 Å². The second kappa shape index (κ2) is 12.2. The number of carbonyl (C=O) groups is 3. The third-order valence-corrected chi connectivity index (χ3v) is 5.11. The smallest absolute Gasteiger partial charge is 0.408 e. The number of ether oxygens (including phenoxy) is 2. The molecule has 0 fully saturated rings. The zero-order valence-electron chi connectivity index (χ0n) is 20.8. The average Bonchev–Trinajstić information content (AvgIpc) is 2.77. The molecule has 34 heavy (non-hydrogen) atoms. The van der Waals surface area contributed by atoms with Gasteiger partial charge in [0, 0.05) is 5.92 Å². The number of nitrogens with one attached hydrogen (secondary N) is 2. The summed E-state index contributed by atoms with van der Waals surface area (Å²) < 4.78 is 10.4. The normalized spacial score (nSPS) is 13.2. The number of hydrogen-bond acceptors (Lipinski definition) is 5. The molecule has 0 aliphatic rings. The number of alkyl carbamates (subject to hydrolysis) is 1. The Morgan fingerprint density at radius 1 is 0.853 bits per heavy atom. The van der Waals surface area contributed by atoms with Crippen LogP contribution in [0.5, 0.6) is 0 Å². The number of amides is 2. The van der Waals surface area contributed by atoms with Crippen LogP contribution in [0.1, 0.15) is 58.1 Å². The van der Waals surface area contributed by atoms with Crippen LogP contribution in [0, 0.1) is 5.92 Å². The van der Waals surface area contributed by atoms with Crippen LogP contribution < -0.4 is 10.6 Å². The van der Waals surface area contributed by atoms with Gasteiger partial charge < -0.3 is 20.1 Å². The van der Waals surface area contributed by atoms with Gasteiger partial charge in [-0.1, -0.05) is 74.5 Å². The van der Waals surface area contributed by atoms with Gasteiger partial charge >= 0.3 is 12.1 Å². The van der Waals surface area contributed by atoms with Gasteiger partial charge in [0.05, 0.1) is 7.11 Å². The van der Waals surface area contributed by atoms with Gasteiger partial charge in [0.1, 0.15) is 17.7 Å². The molecule has 7 nitrogen and oxygen atoms in total. The molecule has 2 aromatic carbocycles. The molecule has 0 spiro atoms. The maximum absolute atomic E-state index is 13.7. The Kier molecular flexibility index (Phi) is 9.66. The second-order valence-electron chi connectivity index (χ2n) is 9.64. The van der Waals surface area contributed by atoms with Crippen molar-refractivity contribution in [3.05, 3.63) is 71.8 Å². The molecule has 0 heterocycles. The van der Waals surface area contributed by atoms with E-state index >= 15 is 0 Å². The fourth-order valence-corrected chi connectivity index (χ4v) is 3.72. The van der Waals surface area contributed by atoms with Crippen molar-refractivity contribution in [2.75, 3.05) is 7.11 Å². The van der Waals surface area contributed by atoms with Crippen LogP contribution in [0.4, 0.5) is 4.79 Å². The van der Waals surface area contributed by atoms with Gasteiger partial charge in [0.25, 0.3) is 0 Å². The quantitative estimate of drug-likeness (QED) is 0.532. The first kappa shape index (κ1) is 26.9. The molecule has 0 aliphatic carbocycles. The fourth-order valence-electron chi connectivity index (χ4n) is 3.72. The first-order chi connectivity index (χ1) is 16.0. The molecular formula is C27H36N2O5. The van der Waals surface area contributed by atoms with Crippen molar-refractivity contribution in [1.82, 2.24) is 10.6 Å². The Morgan fingerprint density at radius 2 is 1.35 bits per heavy atom. The highest BCUT2D eigenvalue weighted by atomic mass is 16.6. The summed E-state index contributed by atoms with van der Waals surface area (Å²) in [6, 6.07) is 17.0. The first-order valence-electron chi connectivity index (χ1n) is 11.5. The SMILES string of the molecule is COC(=O)[C@H](CC(C)C)NC(=O)[C@@H](NC(=O)OC(C)(C)C)C(c1ccccc1)c1ccccc1. The van der Waals surface area contributed by atoms with Crippen molar-refractivity contribution in [2.24, 2.45) is 5.92 Å². The van der Waals surface area contributed by atoms with Crippen molar-refractivity contribution >= 4 is 18.0 Å². The summed E-state index contributed by atoms with van der Waals surface area (Å²) in [6.07, 6.45) is -0.318. The molecular weight excluding hydrogens is 432 g/mol. The number of esters is 1. The third-order valence-electron chi connectivity index (χ3n) is 5.11. The van der Waals surface area contributed by atoms with Gasteiger partial charge in [-0.3, -0.25) is 4.79 Å². The molecule has 0 aliphatic heterocycles. The summed E-state index contributed by atoms with van der Waals surface area (Å²) in [4.78, 5) is 38.8. The van der Waals surface area contributed by atoms with Crippen LogP contribution in [0.2, 0.25) is 0 Å². The lowest BCUT2D eigenvalue weighted by Gasteiger charge is -2.30. The van der Waals surface area contributed by atoms with Gasteiger partial charge in [0.15, 0.2) is 0 Å². The molecule has 0 bridgehead atoms. The summed E-state index contributed by atoms with van der Waals surface area (Å²) in [7, 11) is 1.29. The largest absolute Gasteiger partial charge is 0.467 e. The lowest BCUT2D eigenvalue weighted by atomic mass is 9.84. The number of rotatable bonds is 9. The number of methoxy groups -OCH3 is 1. The highest BCUT2D eigenvalue weighted by Crippen LogP contribution is 2.29. The Hall–Kier alpha value is -3.35. The molecule has 7 heteroatoms. The van der Waals surface area contributed by atoms with E-state index in [1.54, 1.807) is 20.8 Å². The topological polar surface area (TPSA) is 93.7 Å². The maximum Gasteiger partial charge on any atom is 0.408 e. The van der Waals surface area contributed by atoms with E-state index in [0.717, 1.165) is 11.1 Å². The minimum absolute atomic E-state index is 0.140. The van der Waals surface area contributed by atoms with Crippen LogP contribution in [0.3, 0.4) is 0 Å². The van der Waals surface area contributed by atoms with Gasteiger partial charge in [0.2, 0.25) is 5.91 Å². The number of carbonyl (C=O) groups excluding carboxylic acids is 3. The molecule has 0 aromatic heterocycles. The summed E-state index contributed by atoms with van der Waals surface area (Å²) in [6.45, 7) is 9.17. The molecule has 2 atom stereocenters. The molecule has 0 saturated carbocycles. The minimum Gasteiger partial charge on any atom is -0.467 e. The van der Waals surface area contributed by atoms with E-state index in [4.69, 9.17) is 9.47 Å². The standard InChI is InChI=1S/C27H36N2O5/c1-18(2)17-21(25(31)33-6)28-24(30)23(29-26(32)34-27(3,4)5)22(19-13-9-7-10-14-19)20-15-11-8-12-16-20/h7-16,18,21-23H,17H2,1-6H3,(H,28,30)(H,29,32)/t21-,23-/m0/s1. The van der Waals surface area contributed by atoms with Gasteiger partial charge in [-0.2, -0.15) is 0 Å². The third kappa shape index (κ3) is 8.21. The monoisotopic (exact) mass is 468 g/mol. The minimum atomic E-state index is -1.04. The van der Waals surface area contributed by atoms with E-state index in [-0.39, 0.29) is 5.92 Å². The Morgan fingerprint density at radius 3 is 1.76 bits per heavy atom. The predicted octanol–water partition coefficient (Wildman–Crippen LogP) is 4.42. The lowest BCUT2D eigenvalue weighted by Crippen LogP contribution is -2.55. The van der Waals surface area contributed by atoms with E-state index in [1.165, 1.54) is 7.11 Å². The van der Waals surface area contributed by atoms with E-state index in [9.17, 15) is 14.4 Å². The zero-order valence-corrected chi connectivity index (χ0v) is 20.8. The van der Waals surface area contributed by atoms with E-state index in [1.807, 2.05) is 74.5 Å². The lowest BCUT2D eigenvalue weighted by molar-refractivity contribution is -0.145. The van der Waals surface area contributed by atoms with E-state index in [2.05, 4.69) is 10.6 Å². The molecule has 184 valence electrons. The highest BCUT2D eigenvalue weighted by molar-refractivity contribution is 5.91. The van der Waals surface area contributed by atoms with E-state index < -0.39 is 41.6 Å². The summed E-state index contributed by atoms with van der Waals surface area (Å²) in [5, 5.41) is 5.56. The Labute approximate surface area is 202 Å². The Bertz CT molecular complexity index is 899. The molecule has 2 aromatic rings. The molecule has 2 N–H and O–H groups in total. The second-order valence-corrected chi connectivity index (χ2v) is 9.64. The van der Waals surface area contributed by atoms with Crippen molar-refractivity contribution in [3.63, 3.8) is 0 Å². The van der Waals surface area contributed by atoms with Crippen LogP contribution in [-0.4, -0.2) is 42.8 Å². The molecule has 0 unspecified atom stereocenters. The van der Waals surface area contributed by atoms with Gasteiger partial charge in [-0.05, 0) is 44.2 Å². The Balaban J connectivity index is 2.50. The predicted molar refractivity (Wildman–Crippen MR) is 131 cm³/mol. The fraction of sp³-hybridized carbons (Fsp3) is 0.444. The summed E-state index contributed by atoms with van der Waals surface area (Å²) in [5.74, 6) is -1.42.